The highest BCUT2D eigenvalue weighted by Gasteiger charge is 2.55. The van der Waals surface area contributed by atoms with Crippen LogP contribution in [0.2, 0.25) is 0 Å². The van der Waals surface area contributed by atoms with Crippen LogP contribution in [-0.2, 0) is 27.9 Å². The Kier molecular flexibility index (Phi) is 3.60. The highest BCUT2D eigenvalue weighted by molar-refractivity contribution is 5.67. The summed E-state index contributed by atoms with van der Waals surface area (Å²) in [7, 11) is 2.10. The molecule has 1 unspecified atom stereocenters. The summed E-state index contributed by atoms with van der Waals surface area (Å²) in [6.45, 7) is 4.84. The highest BCUT2D eigenvalue weighted by Crippen LogP contribution is 2.57. The van der Waals surface area contributed by atoms with Gasteiger partial charge in [0.15, 0.2) is 23.0 Å². The van der Waals surface area contributed by atoms with Crippen LogP contribution in [0.5, 0.6) is 23.0 Å². The number of hydrogen-bond donors (Lipinski definition) is 0. The van der Waals surface area contributed by atoms with Gasteiger partial charge >= 0.3 is 5.97 Å². The van der Waals surface area contributed by atoms with E-state index in [1.54, 1.807) is 0 Å². The van der Waals surface area contributed by atoms with Crippen LogP contribution < -0.4 is 18.9 Å². The Morgan fingerprint density at radius 1 is 1.10 bits per heavy atom. The number of likely N-dealkylation sites (N-methyl/N-ethyl adjacent to an activating group) is 1. The maximum atomic E-state index is 12.1. The van der Waals surface area contributed by atoms with Gasteiger partial charge < -0.3 is 23.7 Å². The van der Waals surface area contributed by atoms with Gasteiger partial charge in [-0.25, -0.2) is 0 Å². The number of ether oxygens (including phenoxy) is 5. The zero-order valence-corrected chi connectivity index (χ0v) is 17.2. The molecule has 0 spiro atoms. The van der Waals surface area contributed by atoms with E-state index in [4.69, 9.17) is 23.7 Å². The second kappa shape index (κ2) is 6.04. The number of benzene rings is 2. The van der Waals surface area contributed by atoms with E-state index in [9.17, 15) is 4.79 Å². The van der Waals surface area contributed by atoms with Crippen molar-refractivity contribution in [3.8, 4) is 23.0 Å². The van der Waals surface area contributed by atoms with E-state index < -0.39 is 5.41 Å². The molecule has 0 saturated carbocycles. The van der Waals surface area contributed by atoms with Crippen molar-refractivity contribution in [3.63, 3.8) is 0 Å². The summed E-state index contributed by atoms with van der Waals surface area (Å²) in [5, 5.41) is 0. The van der Waals surface area contributed by atoms with Crippen LogP contribution in [0.4, 0.5) is 0 Å². The van der Waals surface area contributed by atoms with E-state index in [1.165, 1.54) is 12.5 Å². The first kappa shape index (κ1) is 17.9. The molecule has 30 heavy (non-hydrogen) atoms. The van der Waals surface area contributed by atoms with E-state index in [2.05, 4.69) is 31.0 Å². The second-order valence-electron chi connectivity index (χ2n) is 8.63. The molecule has 0 saturated heterocycles. The van der Waals surface area contributed by atoms with Gasteiger partial charge in [-0.15, -0.1) is 0 Å². The first-order valence-corrected chi connectivity index (χ1v) is 10.2. The van der Waals surface area contributed by atoms with Gasteiger partial charge in [-0.1, -0.05) is 13.0 Å². The van der Waals surface area contributed by atoms with Crippen molar-refractivity contribution in [1.29, 1.82) is 0 Å². The molecule has 7 nitrogen and oxygen atoms in total. The van der Waals surface area contributed by atoms with Crippen LogP contribution in [0.25, 0.3) is 0 Å². The average Bonchev–Trinajstić information content (AvgIpc) is 3.35. The summed E-state index contributed by atoms with van der Waals surface area (Å²) < 4.78 is 28.7. The predicted octanol–water partition coefficient (Wildman–Crippen LogP) is 3.08. The van der Waals surface area contributed by atoms with Crippen molar-refractivity contribution >= 4 is 5.97 Å². The molecule has 0 aromatic heterocycles. The van der Waals surface area contributed by atoms with Crippen molar-refractivity contribution in [3.05, 3.63) is 46.5 Å². The van der Waals surface area contributed by atoms with E-state index in [1.807, 2.05) is 12.1 Å². The van der Waals surface area contributed by atoms with Crippen LogP contribution in [0.3, 0.4) is 0 Å². The summed E-state index contributed by atoms with van der Waals surface area (Å²) in [6, 6.07) is 8.22. The van der Waals surface area contributed by atoms with Crippen LogP contribution in [-0.4, -0.2) is 37.6 Å². The topological polar surface area (TPSA) is 66.5 Å². The van der Waals surface area contributed by atoms with E-state index in [0.29, 0.717) is 13.0 Å². The third-order valence-electron chi connectivity index (χ3n) is 6.95. The lowest BCUT2D eigenvalue weighted by Gasteiger charge is -2.54. The molecule has 2 aromatic rings. The third-order valence-corrected chi connectivity index (χ3v) is 6.95. The molecule has 1 aliphatic carbocycles. The van der Waals surface area contributed by atoms with Gasteiger partial charge in [0.2, 0.25) is 13.6 Å². The molecule has 4 aliphatic rings. The molecule has 0 N–H and O–H groups in total. The summed E-state index contributed by atoms with van der Waals surface area (Å²) in [4.78, 5) is 14.4. The summed E-state index contributed by atoms with van der Waals surface area (Å²) in [5.74, 6) is 2.82. The molecule has 156 valence electrons. The van der Waals surface area contributed by atoms with Crippen LogP contribution in [0, 0.1) is 0 Å². The zero-order valence-electron chi connectivity index (χ0n) is 17.2. The predicted molar refractivity (Wildman–Crippen MR) is 106 cm³/mol. The van der Waals surface area contributed by atoms with Crippen molar-refractivity contribution in [2.75, 3.05) is 20.6 Å². The number of carbonyl (C=O) groups is 1. The van der Waals surface area contributed by atoms with Gasteiger partial charge in [-0.2, -0.15) is 0 Å². The molecule has 3 heterocycles. The van der Waals surface area contributed by atoms with Gasteiger partial charge in [-0.3, -0.25) is 9.69 Å². The third kappa shape index (κ3) is 2.27. The molecule has 3 atom stereocenters. The van der Waals surface area contributed by atoms with Gasteiger partial charge in [0, 0.05) is 31.5 Å². The molecule has 0 amide bonds. The number of esters is 1. The minimum atomic E-state index is -0.463. The molecule has 7 heteroatoms. The Hall–Kier alpha value is -2.93. The largest absolute Gasteiger partial charge is 0.461 e. The van der Waals surface area contributed by atoms with Gasteiger partial charge in [0.1, 0.15) is 6.10 Å². The first-order chi connectivity index (χ1) is 14.5. The summed E-state index contributed by atoms with van der Waals surface area (Å²) in [6.07, 6.45) is 0.287. The Balaban J connectivity index is 1.59. The fourth-order valence-corrected chi connectivity index (χ4v) is 5.75. The first-order valence-electron chi connectivity index (χ1n) is 10.2. The zero-order chi connectivity index (χ0) is 20.6. The number of carbonyl (C=O) groups excluding carboxylic acids is 1. The summed E-state index contributed by atoms with van der Waals surface area (Å²) in [5.41, 5.74) is 4.10. The standard InChI is InChI=1S/C23H23NO6/c1-12(25)30-20-7-13-6-18-19(28-10-27-18)8-14(13)22-23(20,2)16-4-5-17-21(29-11-26-17)15(16)9-24(22)3/h4-6,8,20,22H,7,9-11H2,1-3H3/t20?,22-,23+/m1/s1. The number of rotatable bonds is 1. The smallest absolute Gasteiger partial charge is 0.302 e. The highest BCUT2D eigenvalue weighted by atomic mass is 16.7. The SMILES string of the molecule is CC(=O)OC1Cc2cc3c(cc2[C@H]2N(C)Cc4c(ccc5c4OCO5)[C@@]12C)OCO3. The normalized spacial score (nSPS) is 27.8. The number of hydrogen-bond acceptors (Lipinski definition) is 7. The Labute approximate surface area is 174 Å². The number of nitrogens with zero attached hydrogens (tertiary/aromatic N) is 1. The second-order valence-corrected chi connectivity index (χ2v) is 8.63. The van der Waals surface area contributed by atoms with Crippen molar-refractivity contribution in [2.45, 2.75) is 44.4 Å². The Bertz CT molecular complexity index is 1080. The minimum absolute atomic E-state index is 0.00738. The van der Waals surface area contributed by atoms with E-state index in [0.717, 1.165) is 39.7 Å². The van der Waals surface area contributed by atoms with Gasteiger partial charge in [0.25, 0.3) is 0 Å². The lowest BCUT2D eigenvalue weighted by atomic mass is 9.60. The Morgan fingerprint density at radius 3 is 2.63 bits per heavy atom. The maximum Gasteiger partial charge on any atom is 0.302 e. The van der Waals surface area contributed by atoms with Crippen molar-refractivity contribution < 1.29 is 28.5 Å². The molecule has 0 fully saturated rings. The molecule has 0 radical (unpaired) electrons. The molecule has 2 aromatic carbocycles. The Morgan fingerprint density at radius 2 is 1.83 bits per heavy atom. The van der Waals surface area contributed by atoms with Crippen molar-refractivity contribution in [1.82, 2.24) is 4.90 Å². The van der Waals surface area contributed by atoms with Crippen LogP contribution >= 0.6 is 0 Å². The fraction of sp³-hybridized carbons (Fsp3) is 0.435. The summed E-state index contributed by atoms with van der Waals surface area (Å²) >= 11 is 0. The maximum absolute atomic E-state index is 12.1. The van der Waals surface area contributed by atoms with Crippen LogP contribution in [0.1, 0.15) is 42.1 Å². The van der Waals surface area contributed by atoms with E-state index >= 15 is 0 Å². The van der Waals surface area contributed by atoms with Crippen LogP contribution in [0.15, 0.2) is 24.3 Å². The van der Waals surface area contributed by atoms with E-state index in [-0.39, 0.29) is 31.7 Å². The fourth-order valence-electron chi connectivity index (χ4n) is 5.75. The molecule has 6 rings (SSSR count). The number of fused-ring (bicyclic) bond motifs is 8. The molecule has 0 bridgehead atoms. The monoisotopic (exact) mass is 409 g/mol. The lowest BCUT2D eigenvalue weighted by molar-refractivity contribution is -0.153. The molecule has 3 aliphatic heterocycles. The van der Waals surface area contributed by atoms with Gasteiger partial charge in [0.05, 0.1) is 5.41 Å². The van der Waals surface area contributed by atoms with Gasteiger partial charge in [-0.05, 0) is 41.9 Å². The quantitative estimate of drug-likeness (QED) is 0.671. The average molecular weight is 409 g/mol. The minimum Gasteiger partial charge on any atom is -0.461 e. The molecular formula is C23H23NO6. The lowest BCUT2D eigenvalue weighted by Crippen LogP contribution is -2.56. The molecular weight excluding hydrogens is 386 g/mol. The van der Waals surface area contributed by atoms with Crippen molar-refractivity contribution in [2.24, 2.45) is 0 Å².